The van der Waals surface area contributed by atoms with Crippen LogP contribution in [-0.4, -0.2) is 16.5 Å². The fraction of sp³-hybridized carbons (Fsp3) is 0.600. The van der Waals surface area contributed by atoms with Gasteiger partial charge in [-0.15, -0.1) is 0 Å². The molecular formula is C10H16BrN3. The summed E-state index contributed by atoms with van der Waals surface area (Å²) in [5.74, 6) is 1.74. The molecule has 0 unspecified atom stereocenters. The lowest BCUT2D eigenvalue weighted by atomic mass is 10.3. The summed E-state index contributed by atoms with van der Waals surface area (Å²) in [5.41, 5.74) is 1.07. The van der Waals surface area contributed by atoms with Crippen LogP contribution in [0.25, 0.3) is 0 Å². The Morgan fingerprint density at radius 1 is 1.29 bits per heavy atom. The first kappa shape index (κ1) is 11.4. The Kier molecular flexibility index (Phi) is 4.32. The summed E-state index contributed by atoms with van der Waals surface area (Å²) in [6.07, 6.45) is 2.02. The Morgan fingerprint density at radius 3 is 2.57 bits per heavy atom. The van der Waals surface area contributed by atoms with Gasteiger partial charge in [0.2, 0.25) is 0 Å². The maximum atomic E-state index is 4.36. The van der Waals surface area contributed by atoms with E-state index in [1.165, 1.54) is 0 Å². The maximum absolute atomic E-state index is 4.36. The van der Waals surface area contributed by atoms with Gasteiger partial charge in [-0.2, -0.15) is 0 Å². The molecule has 0 atom stereocenters. The van der Waals surface area contributed by atoms with Crippen molar-refractivity contribution >= 4 is 21.7 Å². The highest BCUT2D eigenvalue weighted by Crippen LogP contribution is 2.23. The van der Waals surface area contributed by atoms with Gasteiger partial charge in [-0.1, -0.05) is 13.8 Å². The van der Waals surface area contributed by atoms with Crippen LogP contribution in [0.4, 0.5) is 5.82 Å². The zero-order valence-corrected chi connectivity index (χ0v) is 10.5. The van der Waals surface area contributed by atoms with E-state index in [1.54, 1.807) is 0 Å². The summed E-state index contributed by atoms with van der Waals surface area (Å²) < 4.78 is 0.999. The molecule has 0 aliphatic heterocycles. The van der Waals surface area contributed by atoms with Crippen molar-refractivity contribution < 1.29 is 0 Å². The quantitative estimate of drug-likeness (QED) is 0.902. The van der Waals surface area contributed by atoms with Crippen molar-refractivity contribution in [2.75, 3.05) is 11.9 Å². The molecule has 3 nitrogen and oxygen atoms in total. The van der Waals surface area contributed by atoms with E-state index in [9.17, 15) is 0 Å². The summed E-state index contributed by atoms with van der Waals surface area (Å²) in [4.78, 5) is 8.71. The fourth-order valence-corrected chi connectivity index (χ4v) is 1.81. The number of hydrogen-bond acceptors (Lipinski definition) is 3. The molecule has 0 bridgehead atoms. The second kappa shape index (κ2) is 5.29. The summed E-state index contributed by atoms with van der Waals surface area (Å²) in [7, 11) is 0. The van der Waals surface area contributed by atoms with Crippen molar-refractivity contribution in [3.05, 3.63) is 16.0 Å². The van der Waals surface area contributed by atoms with Crippen LogP contribution >= 0.6 is 15.9 Å². The molecule has 0 aromatic carbocycles. The lowest BCUT2D eigenvalue weighted by molar-refractivity contribution is 0.913. The van der Waals surface area contributed by atoms with E-state index in [4.69, 9.17) is 0 Å². The van der Waals surface area contributed by atoms with Gasteiger partial charge in [-0.3, -0.25) is 0 Å². The highest BCUT2D eigenvalue weighted by molar-refractivity contribution is 9.10. The molecule has 1 N–H and O–H groups in total. The van der Waals surface area contributed by atoms with E-state index in [-0.39, 0.29) is 0 Å². The Hall–Kier alpha value is -0.640. The minimum absolute atomic E-state index is 0.823. The third-order valence-corrected chi connectivity index (χ3v) is 2.74. The van der Waals surface area contributed by atoms with Crippen LogP contribution in [0.5, 0.6) is 0 Å². The lowest BCUT2D eigenvalue weighted by Gasteiger charge is -2.09. The van der Waals surface area contributed by atoms with Gasteiger partial charge in [0.1, 0.15) is 11.6 Å². The molecule has 1 heterocycles. The van der Waals surface area contributed by atoms with Crippen LogP contribution in [0.1, 0.15) is 31.8 Å². The molecule has 1 aromatic heterocycles. The molecule has 78 valence electrons. The number of nitrogens with one attached hydrogen (secondary N) is 1. The van der Waals surface area contributed by atoms with Gasteiger partial charge >= 0.3 is 0 Å². The standard InChI is InChI=1S/C10H16BrN3/c1-4-6-12-10-9(11)8(5-2)13-7(3)14-10/h4-6H2,1-3H3,(H,12,13,14). The molecule has 14 heavy (non-hydrogen) atoms. The number of aryl methyl sites for hydroxylation is 2. The third kappa shape index (κ3) is 2.67. The normalized spacial score (nSPS) is 10.3. The topological polar surface area (TPSA) is 37.8 Å². The van der Waals surface area contributed by atoms with Crippen molar-refractivity contribution in [1.29, 1.82) is 0 Å². The zero-order valence-electron chi connectivity index (χ0n) is 8.89. The molecule has 1 rings (SSSR count). The smallest absolute Gasteiger partial charge is 0.144 e. The fourth-order valence-electron chi connectivity index (χ4n) is 1.21. The van der Waals surface area contributed by atoms with Crippen LogP contribution in [0.3, 0.4) is 0 Å². The van der Waals surface area contributed by atoms with E-state index >= 15 is 0 Å². The van der Waals surface area contributed by atoms with Crippen LogP contribution in [0, 0.1) is 6.92 Å². The molecule has 1 aromatic rings. The minimum atomic E-state index is 0.823. The first-order valence-corrected chi connectivity index (χ1v) is 5.75. The molecule has 0 spiro atoms. The molecule has 0 aliphatic carbocycles. The monoisotopic (exact) mass is 257 g/mol. The predicted molar refractivity (Wildman–Crippen MR) is 62.6 cm³/mol. The third-order valence-electron chi connectivity index (χ3n) is 1.91. The maximum Gasteiger partial charge on any atom is 0.144 e. The number of rotatable bonds is 4. The van der Waals surface area contributed by atoms with E-state index in [1.807, 2.05) is 6.92 Å². The second-order valence-corrected chi connectivity index (χ2v) is 3.95. The Labute approximate surface area is 93.5 Å². The molecule has 0 aliphatic rings. The van der Waals surface area contributed by atoms with Gasteiger partial charge in [0, 0.05) is 6.54 Å². The van der Waals surface area contributed by atoms with Crippen LogP contribution in [0.15, 0.2) is 4.47 Å². The SMILES string of the molecule is CCCNc1nc(C)nc(CC)c1Br. The highest BCUT2D eigenvalue weighted by Gasteiger charge is 2.07. The van der Waals surface area contributed by atoms with Crippen molar-refractivity contribution in [3.63, 3.8) is 0 Å². The van der Waals surface area contributed by atoms with E-state index in [0.29, 0.717) is 0 Å². The van der Waals surface area contributed by atoms with Gasteiger partial charge in [-0.25, -0.2) is 9.97 Å². The number of nitrogens with zero attached hydrogens (tertiary/aromatic N) is 2. The Balaban J connectivity index is 2.96. The molecule has 0 saturated carbocycles. The van der Waals surface area contributed by atoms with Gasteiger partial charge < -0.3 is 5.32 Å². The molecule has 0 radical (unpaired) electrons. The van der Waals surface area contributed by atoms with Crippen molar-refractivity contribution in [2.45, 2.75) is 33.6 Å². The first-order chi connectivity index (χ1) is 6.69. The predicted octanol–water partition coefficient (Wildman–Crippen LogP) is 2.93. The number of hydrogen-bond donors (Lipinski definition) is 1. The molecule has 0 saturated heterocycles. The summed E-state index contributed by atoms with van der Waals surface area (Å²) >= 11 is 3.52. The van der Waals surface area contributed by atoms with Gasteiger partial charge in [-0.05, 0) is 35.7 Å². The lowest BCUT2D eigenvalue weighted by Crippen LogP contribution is -2.07. The first-order valence-electron chi connectivity index (χ1n) is 4.95. The average Bonchev–Trinajstić information content (AvgIpc) is 2.18. The highest BCUT2D eigenvalue weighted by atomic mass is 79.9. The molecule has 4 heteroatoms. The van der Waals surface area contributed by atoms with Gasteiger partial charge in [0.05, 0.1) is 10.2 Å². The number of halogens is 1. The van der Waals surface area contributed by atoms with Crippen molar-refractivity contribution in [2.24, 2.45) is 0 Å². The van der Waals surface area contributed by atoms with Gasteiger partial charge in [0.15, 0.2) is 0 Å². The van der Waals surface area contributed by atoms with E-state index < -0.39 is 0 Å². The number of aromatic nitrogens is 2. The number of anilines is 1. The van der Waals surface area contributed by atoms with Gasteiger partial charge in [0.25, 0.3) is 0 Å². The van der Waals surface area contributed by atoms with Crippen LogP contribution in [0.2, 0.25) is 0 Å². The minimum Gasteiger partial charge on any atom is -0.369 e. The molecule has 0 amide bonds. The largest absolute Gasteiger partial charge is 0.369 e. The van der Waals surface area contributed by atoms with Crippen molar-refractivity contribution in [3.8, 4) is 0 Å². The molecular weight excluding hydrogens is 242 g/mol. The Bertz CT molecular complexity index is 312. The Morgan fingerprint density at radius 2 is 2.00 bits per heavy atom. The average molecular weight is 258 g/mol. The molecule has 0 fully saturated rings. The van der Waals surface area contributed by atoms with Crippen molar-refractivity contribution in [1.82, 2.24) is 9.97 Å². The zero-order chi connectivity index (χ0) is 10.6. The summed E-state index contributed by atoms with van der Waals surface area (Å²) in [6.45, 7) is 7.09. The summed E-state index contributed by atoms with van der Waals surface area (Å²) in [5, 5.41) is 3.28. The second-order valence-electron chi connectivity index (χ2n) is 3.16. The summed E-state index contributed by atoms with van der Waals surface area (Å²) in [6, 6.07) is 0. The van der Waals surface area contributed by atoms with Crippen LogP contribution in [-0.2, 0) is 6.42 Å². The van der Waals surface area contributed by atoms with E-state index in [2.05, 4.69) is 45.1 Å². The van der Waals surface area contributed by atoms with E-state index in [0.717, 1.165) is 41.2 Å². The van der Waals surface area contributed by atoms with Crippen LogP contribution < -0.4 is 5.32 Å².